The van der Waals surface area contributed by atoms with Crippen LogP contribution in [0.5, 0.6) is 0 Å². The van der Waals surface area contributed by atoms with E-state index in [-0.39, 0.29) is 4.91 Å². The van der Waals surface area contributed by atoms with Gasteiger partial charge in [0.2, 0.25) is 0 Å². The van der Waals surface area contributed by atoms with Crippen molar-refractivity contribution in [2.45, 2.75) is 23.0 Å². The first kappa shape index (κ1) is 18.3. The van der Waals surface area contributed by atoms with Gasteiger partial charge in [0.15, 0.2) is 5.09 Å². The Bertz CT molecular complexity index is 875. The Morgan fingerprint density at radius 3 is 2.65 bits per heavy atom. The summed E-state index contributed by atoms with van der Waals surface area (Å²) in [6.07, 6.45) is 1.50. The number of nitrogens with zero attached hydrogens (tertiary/aromatic N) is 1. The van der Waals surface area contributed by atoms with Gasteiger partial charge in [0, 0.05) is 11.0 Å². The maximum atomic E-state index is 12.4. The van der Waals surface area contributed by atoms with E-state index in [2.05, 4.69) is 4.74 Å². The zero-order chi connectivity index (χ0) is 18.7. The average molecular weight is 389 g/mol. The molecule has 0 aliphatic carbocycles. The molecule has 1 atom stereocenters. The third-order valence-corrected chi connectivity index (χ3v) is 5.40. The number of thioether (sulfide) groups is 1. The summed E-state index contributed by atoms with van der Waals surface area (Å²) in [5.41, 5.74) is 0. The molecule has 3 rings (SSSR count). The molecular formula is C18H15NO5S2. The lowest BCUT2D eigenvalue weighted by Gasteiger charge is -2.18. The number of imide groups is 1. The number of carbonyl (C=O) groups excluding carboxylic acids is 3. The smallest absolute Gasteiger partial charge is 0.328 e. The van der Waals surface area contributed by atoms with Gasteiger partial charge < -0.3 is 9.15 Å². The van der Waals surface area contributed by atoms with Crippen molar-refractivity contribution in [2.75, 3.05) is 7.11 Å². The molecule has 0 radical (unpaired) electrons. The average Bonchev–Trinajstić information content (AvgIpc) is 3.19. The first-order valence-corrected chi connectivity index (χ1v) is 9.30. The Morgan fingerprint density at radius 2 is 1.96 bits per heavy atom. The van der Waals surface area contributed by atoms with Crippen molar-refractivity contribution in [3.05, 3.63) is 53.1 Å². The number of ether oxygens (including phenoxy) is 1. The van der Waals surface area contributed by atoms with Crippen LogP contribution in [0.1, 0.15) is 12.7 Å². The molecule has 0 bridgehead atoms. The van der Waals surface area contributed by atoms with E-state index in [1.807, 2.05) is 30.3 Å². The molecule has 134 valence electrons. The van der Waals surface area contributed by atoms with Crippen LogP contribution in [0, 0.1) is 0 Å². The Labute approximate surface area is 158 Å². The number of amides is 2. The molecule has 0 unspecified atom stereocenters. The maximum absolute atomic E-state index is 12.4. The molecule has 6 nitrogen and oxygen atoms in total. The Morgan fingerprint density at radius 1 is 1.23 bits per heavy atom. The standard InChI is InChI=1S/C18H15NO5S2/c1-11(17(21)23-2)19-16(20)14(26-18(19)22)10-12-8-9-15(24-12)25-13-6-4-3-5-7-13/h3-11H,1-2H3/b14-10+/t11-/m0/s1. The van der Waals surface area contributed by atoms with Gasteiger partial charge in [-0.05, 0) is 43.0 Å². The van der Waals surface area contributed by atoms with Crippen LogP contribution >= 0.6 is 23.5 Å². The quantitative estimate of drug-likeness (QED) is 0.564. The van der Waals surface area contributed by atoms with E-state index in [1.165, 1.54) is 31.9 Å². The fraction of sp³-hybridized carbons (Fsp3) is 0.167. The molecule has 1 fully saturated rings. The molecule has 2 aromatic rings. The summed E-state index contributed by atoms with van der Waals surface area (Å²) in [4.78, 5) is 38.3. The summed E-state index contributed by atoms with van der Waals surface area (Å²) in [7, 11) is 1.21. The zero-order valence-corrected chi connectivity index (χ0v) is 15.6. The number of rotatable bonds is 5. The van der Waals surface area contributed by atoms with Gasteiger partial charge in [0.05, 0.1) is 12.0 Å². The van der Waals surface area contributed by atoms with Gasteiger partial charge >= 0.3 is 5.97 Å². The highest BCUT2D eigenvalue weighted by Crippen LogP contribution is 2.35. The van der Waals surface area contributed by atoms with Crippen molar-refractivity contribution >= 4 is 46.7 Å². The highest BCUT2D eigenvalue weighted by atomic mass is 32.2. The number of furan rings is 1. The molecule has 1 aromatic heterocycles. The fourth-order valence-corrected chi connectivity index (χ4v) is 3.98. The van der Waals surface area contributed by atoms with Crippen molar-refractivity contribution in [3.63, 3.8) is 0 Å². The molecular weight excluding hydrogens is 374 g/mol. The summed E-state index contributed by atoms with van der Waals surface area (Å²) < 4.78 is 10.3. The first-order chi connectivity index (χ1) is 12.5. The SMILES string of the molecule is COC(=O)[C@H](C)N1C(=O)S/C(=C/c2ccc(Sc3ccccc3)o2)C1=O. The van der Waals surface area contributed by atoms with Crippen molar-refractivity contribution in [1.82, 2.24) is 4.90 Å². The first-order valence-electron chi connectivity index (χ1n) is 7.67. The van der Waals surface area contributed by atoms with Crippen LogP contribution < -0.4 is 0 Å². The lowest BCUT2D eigenvalue weighted by molar-refractivity contribution is -0.148. The number of hydrogen-bond donors (Lipinski definition) is 0. The van der Waals surface area contributed by atoms with E-state index in [4.69, 9.17) is 4.42 Å². The second kappa shape index (κ2) is 7.84. The summed E-state index contributed by atoms with van der Waals surface area (Å²) in [5.74, 6) is -0.723. The molecule has 1 aliphatic rings. The Hall–Kier alpha value is -2.45. The summed E-state index contributed by atoms with van der Waals surface area (Å²) in [5, 5.41) is 0.161. The minimum atomic E-state index is -0.973. The van der Waals surface area contributed by atoms with Crippen molar-refractivity contribution in [1.29, 1.82) is 0 Å². The number of methoxy groups -OCH3 is 1. The molecule has 1 saturated heterocycles. The molecule has 1 aliphatic heterocycles. The van der Waals surface area contributed by atoms with E-state index in [0.29, 0.717) is 10.9 Å². The molecule has 26 heavy (non-hydrogen) atoms. The van der Waals surface area contributed by atoms with Gasteiger partial charge in [-0.1, -0.05) is 30.0 Å². The van der Waals surface area contributed by atoms with Gasteiger partial charge in [-0.3, -0.25) is 14.5 Å². The minimum absolute atomic E-state index is 0.205. The predicted octanol–water partition coefficient (Wildman–Crippen LogP) is 4.03. The van der Waals surface area contributed by atoms with Gasteiger partial charge in [0.25, 0.3) is 11.1 Å². The Kier molecular flexibility index (Phi) is 5.53. The zero-order valence-electron chi connectivity index (χ0n) is 14.0. The second-order valence-electron chi connectivity index (χ2n) is 5.32. The molecule has 8 heteroatoms. The van der Waals surface area contributed by atoms with Gasteiger partial charge in [-0.25, -0.2) is 4.79 Å². The number of benzene rings is 1. The molecule has 2 amide bonds. The van der Waals surface area contributed by atoms with Crippen LogP contribution in [0.2, 0.25) is 0 Å². The van der Waals surface area contributed by atoms with E-state index in [9.17, 15) is 14.4 Å². The van der Waals surface area contributed by atoms with Crippen LogP contribution in [-0.2, 0) is 14.3 Å². The fourth-order valence-electron chi connectivity index (χ4n) is 2.29. The van der Waals surface area contributed by atoms with Crippen molar-refractivity contribution in [3.8, 4) is 0 Å². The molecule has 0 N–H and O–H groups in total. The van der Waals surface area contributed by atoms with Crippen LogP contribution in [0.15, 0.2) is 61.8 Å². The van der Waals surface area contributed by atoms with E-state index in [0.717, 1.165) is 21.6 Å². The molecule has 0 spiro atoms. The third-order valence-electron chi connectivity index (χ3n) is 3.59. The highest BCUT2D eigenvalue weighted by molar-refractivity contribution is 8.18. The lowest BCUT2D eigenvalue weighted by Crippen LogP contribution is -2.42. The monoisotopic (exact) mass is 389 g/mol. The summed E-state index contributed by atoms with van der Waals surface area (Å²) >= 11 is 2.22. The number of esters is 1. The van der Waals surface area contributed by atoms with E-state index < -0.39 is 23.2 Å². The van der Waals surface area contributed by atoms with Gasteiger partial charge in [-0.15, -0.1) is 0 Å². The summed E-state index contributed by atoms with van der Waals surface area (Å²) in [6, 6.07) is 12.3. The number of carbonyl (C=O) groups is 3. The highest BCUT2D eigenvalue weighted by Gasteiger charge is 2.41. The number of hydrogen-bond acceptors (Lipinski definition) is 7. The Balaban J connectivity index is 1.75. The molecule has 0 saturated carbocycles. The van der Waals surface area contributed by atoms with Gasteiger partial charge in [0.1, 0.15) is 11.8 Å². The largest absolute Gasteiger partial charge is 0.467 e. The maximum Gasteiger partial charge on any atom is 0.328 e. The topological polar surface area (TPSA) is 76.8 Å². The second-order valence-corrected chi connectivity index (χ2v) is 7.39. The summed E-state index contributed by atoms with van der Waals surface area (Å²) in [6.45, 7) is 1.45. The van der Waals surface area contributed by atoms with E-state index in [1.54, 1.807) is 12.1 Å². The van der Waals surface area contributed by atoms with Gasteiger partial charge in [-0.2, -0.15) is 0 Å². The third kappa shape index (κ3) is 3.86. The lowest BCUT2D eigenvalue weighted by atomic mass is 10.3. The normalized spacial score (nSPS) is 17.0. The molecule has 1 aromatic carbocycles. The van der Waals surface area contributed by atoms with E-state index >= 15 is 0 Å². The van der Waals surface area contributed by atoms with Crippen LogP contribution in [0.4, 0.5) is 4.79 Å². The van der Waals surface area contributed by atoms with Crippen molar-refractivity contribution in [2.24, 2.45) is 0 Å². The van der Waals surface area contributed by atoms with Crippen molar-refractivity contribution < 1.29 is 23.5 Å². The minimum Gasteiger partial charge on any atom is -0.467 e. The van der Waals surface area contributed by atoms with Crippen LogP contribution in [0.3, 0.4) is 0 Å². The molecule has 2 heterocycles. The van der Waals surface area contributed by atoms with Crippen LogP contribution in [0.25, 0.3) is 6.08 Å². The van der Waals surface area contributed by atoms with Crippen LogP contribution in [-0.4, -0.2) is 35.2 Å². The predicted molar refractivity (Wildman–Crippen MR) is 98.6 cm³/mol.